The molecule has 25 heavy (non-hydrogen) atoms. The fourth-order valence-corrected chi connectivity index (χ4v) is 3.09. The summed E-state index contributed by atoms with van der Waals surface area (Å²) in [6, 6.07) is 16.7. The molecule has 0 saturated heterocycles. The third-order valence-electron chi connectivity index (χ3n) is 3.65. The summed E-state index contributed by atoms with van der Waals surface area (Å²) < 4.78 is 0. The van der Waals surface area contributed by atoms with Crippen molar-refractivity contribution in [1.82, 2.24) is 9.97 Å². The van der Waals surface area contributed by atoms with Crippen LogP contribution in [0.4, 0.5) is 0 Å². The number of aromatic nitrogens is 2. The molecular weight excluding hydrogens is 334 g/mol. The first-order valence-electron chi connectivity index (χ1n) is 7.59. The number of hydrogen-bond acceptors (Lipinski definition) is 5. The van der Waals surface area contributed by atoms with Crippen LogP contribution in [0.1, 0.15) is 11.4 Å². The molecule has 5 nitrogen and oxygen atoms in total. The first-order valence-corrected chi connectivity index (χ1v) is 8.58. The van der Waals surface area contributed by atoms with Crippen LogP contribution in [-0.2, 0) is 0 Å². The van der Waals surface area contributed by atoms with Gasteiger partial charge in [0.2, 0.25) is 0 Å². The van der Waals surface area contributed by atoms with Crippen LogP contribution in [-0.4, -0.2) is 20.8 Å². The normalized spacial score (nSPS) is 11.8. The van der Waals surface area contributed by atoms with E-state index in [1.54, 1.807) is 24.3 Å². The van der Waals surface area contributed by atoms with Gasteiger partial charge in [-0.15, -0.1) is 11.8 Å². The molecule has 0 aliphatic carbocycles. The number of aliphatic hydroxyl groups is 1. The number of aliphatic hydroxyl groups excluding tert-OH is 1. The summed E-state index contributed by atoms with van der Waals surface area (Å²) in [5.41, 5.74) is 1.27. The lowest BCUT2D eigenvalue weighted by Crippen LogP contribution is -2.12. The molecule has 0 aliphatic rings. The zero-order chi connectivity index (χ0) is 17.8. The van der Waals surface area contributed by atoms with Crippen molar-refractivity contribution in [3.63, 3.8) is 0 Å². The lowest BCUT2D eigenvalue weighted by molar-refractivity contribution is 0.420. The molecule has 0 aliphatic heterocycles. The maximum atomic E-state index is 12.1. The maximum absolute atomic E-state index is 12.1. The van der Waals surface area contributed by atoms with Crippen molar-refractivity contribution < 1.29 is 5.11 Å². The molecule has 1 aromatic heterocycles. The Bertz CT molecular complexity index is 1050. The molecule has 0 saturated carbocycles. The fraction of sp³-hybridized carbons (Fsp3) is 0.105. The molecule has 0 fully saturated rings. The lowest BCUT2D eigenvalue weighted by Gasteiger charge is -2.06. The number of nitriles is 1. The fourth-order valence-electron chi connectivity index (χ4n) is 2.32. The minimum absolute atomic E-state index is 0.0255. The van der Waals surface area contributed by atoms with E-state index >= 15 is 0 Å². The third kappa shape index (κ3) is 3.73. The summed E-state index contributed by atoms with van der Waals surface area (Å²) in [5.74, 6) is 0.169. The van der Waals surface area contributed by atoms with Gasteiger partial charge in [0.05, 0.1) is 16.7 Å². The van der Waals surface area contributed by atoms with Crippen molar-refractivity contribution in [1.29, 1.82) is 5.26 Å². The number of rotatable bonds is 4. The predicted molar refractivity (Wildman–Crippen MR) is 99.4 cm³/mol. The van der Waals surface area contributed by atoms with Crippen molar-refractivity contribution in [2.45, 2.75) is 11.8 Å². The van der Waals surface area contributed by atoms with Crippen LogP contribution in [0.25, 0.3) is 16.5 Å². The molecule has 2 aromatic carbocycles. The number of benzene rings is 2. The molecule has 2 N–H and O–H groups in total. The number of allylic oxidation sites excluding steroid dienone is 1. The van der Waals surface area contributed by atoms with E-state index in [0.29, 0.717) is 10.9 Å². The molecule has 6 heteroatoms. The number of hydrogen-bond donors (Lipinski definition) is 2. The third-order valence-corrected chi connectivity index (χ3v) is 4.67. The standard InChI is InChI=1S/C19H15N3O2S/c1-12-6-8-13(9-7-12)25-11-17(23)15(10-20)18-21-16-5-3-2-4-14(16)19(24)22-18/h2-9,23H,11H2,1H3,(H,21,22,24)/b17-15-. The van der Waals surface area contributed by atoms with Gasteiger partial charge in [-0.05, 0) is 31.2 Å². The van der Waals surface area contributed by atoms with Gasteiger partial charge in [0.1, 0.15) is 17.4 Å². The molecule has 0 unspecified atom stereocenters. The molecule has 0 radical (unpaired) electrons. The smallest absolute Gasteiger partial charge is 0.259 e. The highest BCUT2D eigenvalue weighted by Crippen LogP contribution is 2.23. The molecule has 0 spiro atoms. The second-order valence-electron chi connectivity index (χ2n) is 5.47. The van der Waals surface area contributed by atoms with Gasteiger partial charge in [-0.2, -0.15) is 5.26 Å². The Hall–Kier alpha value is -3.04. The number of nitrogens with one attached hydrogen (secondary N) is 1. The van der Waals surface area contributed by atoms with Crippen molar-refractivity contribution in [3.05, 3.63) is 76.0 Å². The van der Waals surface area contributed by atoms with E-state index < -0.39 is 0 Å². The van der Waals surface area contributed by atoms with E-state index in [2.05, 4.69) is 9.97 Å². The largest absolute Gasteiger partial charge is 0.510 e. The summed E-state index contributed by atoms with van der Waals surface area (Å²) in [5, 5.41) is 20.2. The van der Waals surface area contributed by atoms with Gasteiger partial charge in [0.25, 0.3) is 5.56 Å². The molecule has 1 heterocycles. The summed E-state index contributed by atoms with van der Waals surface area (Å²) in [6.07, 6.45) is 0. The molecule has 124 valence electrons. The van der Waals surface area contributed by atoms with Crippen molar-refractivity contribution in [2.75, 3.05) is 5.75 Å². The van der Waals surface area contributed by atoms with Gasteiger partial charge < -0.3 is 10.1 Å². The lowest BCUT2D eigenvalue weighted by atomic mass is 10.2. The monoisotopic (exact) mass is 349 g/mol. The summed E-state index contributed by atoms with van der Waals surface area (Å²) in [6.45, 7) is 2.00. The van der Waals surface area contributed by atoms with Crippen LogP contribution in [0.3, 0.4) is 0 Å². The van der Waals surface area contributed by atoms with Gasteiger partial charge >= 0.3 is 0 Å². The van der Waals surface area contributed by atoms with Gasteiger partial charge in [-0.25, -0.2) is 4.98 Å². The maximum Gasteiger partial charge on any atom is 0.259 e. The minimum Gasteiger partial charge on any atom is -0.510 e. The van der Waals surface area contributed by atoms with Crippen LogP contribution < -0.4 is 5.56 Å². The topological polar surface area (TPSA) is 89.8 Å². The number of aryl methyl sites for hydroxylation is 1. The quantitative estimate of drug-likeness (QED) is 0.425. The second-order valence-corrected chi connectivity index (χ2v) is 6.52. The molecule has 0 bridgehead atoms. The molecule has 0 amide bonds. The number of H-pyrrole nitrogens is 1. The Morgan fingerprint density at radius 1 is 1.24 bits per heavy atom. The Labute approximate surface area is 148 Å². The van der Waals surface area contributed by atoms with Crippen LogP contribution in [0.15, 0.2) is 64.0 Å². The highest BCUT2D eigenvalue weighted by atomic mass is 32.2. The Morgan fingerprint density at radius 2 is 1.96 bits per heavy atom. The molecule has 3 rings (SSSR count). The number of nitrogens with zero attached hydrogens (tertiary/aromatic N) is 2. The van der Waals surface area contributed by atoms with Gasteiger partial charge in [0, 0.05) is 4.90 Å². The molecule has 0 atom stereocenters. The summed E-state index contributed by atoms with van der Waals surface area (Å²) in [4.78, 5) is 20.0. The van der Waals surface area contributed by atoms with Crippen LogP contribution >= 0.6 is 11.8 Å². The first kappa shape index (κ1) is 16.8. The summed E-state index contributed by atoms with van der Waals surface area (Å²) >= 11 is 1.40. The summed E-state index contributed by atoms with van der Waals surface area (Å²) in [7, 11) is 0. The number of fused-ring (bicyclic) bond motifs is 1. The molecular formula is C19H15N3O2S. The van der Waals surface area contributed by atoms with Gasteiger partial charge in [0.15, 0.2) is 5.82 Å². The number of para-hydroxylation sites is 1. The van der Waals surface area contributed by atoms with Gasteiger partial charge in [-0.1, -0.05) is 29.8 Å². The van der Waals surface area contributed by atoms with Crippen LogP contribution in [0.2, 0.25) is 0 Å². The predicted octanol–water partition coefficient (Wildman–Crippen LogP) is 3.82. The Morgan fingerprint density at radius 3 is 2.68 bits per heavy atom. The van der Waals surface area contributed by atoms with E-state index in [-0.39, 0.29) is 28.5 Å². The van der Waals surface area contributed by atoms with E-state index in [1.165, 1.54) is 11.8 Å². The van der Waals surface area contributed by atoms with E-state index in [9.17, 15) is 15.2 Å². The second kappa shape index (κ2) is 7.24. The van der Waals surface area contributed by atoms with Crippen molar-refractivity contribution >= 4 is 28.2 Å². The first-order chi connectivity index (χ1) is 12.1. The number of aromatic amines is 1. The van der Waals surface area contributed by atoms with E-state index in [4.69, 9.17) is 0 Å². The van der Waals surface area contributed by atoms with Crippen LogP contribution in [0, 0.1) is 18.3 Å². The average molecular weight is 349 g/mol. The molecule has 3 aromatic rings. The van der Waals surface area contributed by atoms with E-state index in [1.807, 2.05) is 37.3 Å². The van der Waals surface area contributed by atoms with Gasteiger partial charge in [-0.3, -0.25) is 4.79 Å². The highest BCUT2D eigenvalue weighted by molar-refractivity contribution is 7.99. The van der Waals surface area contributed by atoms with Crippen molar-refractivity contribution in [2.24, 2.45) is 0 Å². The minimum atomic E-state index is -0.340. The zero-order valence-electron chi connectivity index (χ0n) is 13.5. The Kier molecular flexibility index (Phi) is 4.87. The average Bonchev–Trinajstić information content (AvgIpc) is 2.62. The zero-order valence-corrected chi connectivity index (χ0v) is 14.3. The highest BCUT2D eigenvalue weighted by Gasteiger charge is 2.13. The van der Waals surface area contributed by atoms with Crippen molar-refractivity contribution in [3.8, 4) is 6.07 Å². The Balaban J connectivity index is 1.92. The van der Waals surface area contributed by atoms with Crippen LogP contribution in [0.5, 0.6) is 0 Å². The van der Waals surface area contributed by atoms with E-state index in [0.717, 1.165) is 10.5 Å². The number of thioether (sulfide) groups is 1. The SMILES string of the molecule is Cc1ccc(SC/C(O)=C(\C#N)c2nc3ccccc3c(=O)[nH]2)cc1.